The minimum absolute atomic E-state index is 0.0303. The molecule has 0 bridgehead atoms. The van der Waals surface area contributed by atoms with E-state index in [4.69, 9.17) is 27.9 Å². The molecular weight excluding hydrogens is 370 g/mol. The van der Waals surface area contributed by atoms with Gasteiger partial charge in [-0.3, -0.25) is 9.59 Å². The van der Waals surface area contributed by atoms with E-state index in [2.05, 4.69) is 5.32 Å². The van der Waals surface area contributed by atoms with Gasteiger partial charge in [0.1, 0.15) is 17.6 Å². The van der Waals surface area contributed by atoms with Crippen LogP contribution in [0.5, 0.6) is 5.75 Å². The van der Waals surface area contributed by atoms with Crippen molar-refractivity contribution >= 4 is 46.4 Å². The van der Waals surface area contributed by atoms with E-state index in [-0.39, 0.29) is 17.4 Å². The standard InChI is InChI=1S/C17H13Cl2FN2O3/c1-25-15-5-3-10(7-12(15)19)22-16(23)8-14(17(22)24)21-9-2-4-13(20)11(18)6-9/h2-7,14,21H,8H2,1H3/t14-/m1/s1. The van der Waals surface area contributed by atoms with E-state index in [1.165, 1.54) is 31.4 Å². The van der Waals surface area contributed by atoms with Crippen LogP contribution in [0.2, 0.25) is 10.0 Å². The first kappa shape index (κ1) is 17.5. The summed E-state index contributed by atoms with van der Waals surface area (Å²) >= 11 is 11.8. The Morgan fingerprint density at radius 2 is 1.92 bits per heavy atom. The third kappa shape index (κ3) is 3.41. The predicted octanol–water partition coefficient (Wildman–Crippen LogP) is 3.89. The molecule has 0 saturated carbocycles. The summed E-state index contributed by atoms with van der Waals surface area (Å²) in [6.07, 6.45) is -0.0303. The van der Waals surface area contributed by atoms with Crippen LogP contribution in [-0.4, -0.2) is 25.0 Å². The highest BCUT2D eigenvalue weighted by Gasteiger charge is 2.39. The van der Waals surface area contributed by atoms with Crippen LogP contribution in [0, 0.1) is 5.82 Å². The molecule has 1 aliphatic heterocycles. The Labute approximate surface area is 153 Å². The van der Waals surface area contributed by atoms with E-state index in [1.807, 2.05) is 0 Å². The number of benzene rings is 2. The summed E-state index contributed by atoms with van der Waals surface area (Å²) in [6.45, 7) is 0. The number of carbonyl (C=O) groups excluding carboxylic acids is 2. The molecule has 3 rings (SSSR count). The fourth-order valence-electron chi connectivity index (χ4n) is 2.60. The average molecular weight is 383 g/mol. The number of hydrogen-bond donors (Lipinski definition) is 1. The van der Waals surface area contributed by atoms with Gasteiger partial charge in [0.2, 0.25) is 5.91 Å². The molecule has 1 saturated heterocycles. The molecule has 1 atom stereocenters. The van der Waals surface area contributed by atoms with Gasteiger partial charge in [0.05, 0.1) is 29.3 Å². The second-order valence-corrected chi connectivity index (χ2v) is 6.23. The summed E-state index contributed by atoms with van der Waals surface area (Å²) in [6, 6.07) is 7.89. The molecule has 1 heterocycles. The second-order valence-electron chi connectivity index (χ2n) is 5.42. The molecule has 1 aliphatic rings. The predicted molar refractivity (Wildman–Crippen MR) is 93.9 cm³/mol. The summed E-state index contributed by atoms with van der Waals surface area (Å²) < 4.78 is 18.3. The summed E-state index contributed by atoms with van der Waals surface area (Å²) in [7, 11) is 1.47. The summed E-state index contributed by atoms with van der Waals surface area (Å²) in [5.41, 5.74) is 0.814. The first-order chi connectivity index (χ1) is 11.9. The van der Waals surface area contributed by atoms with Crippen LogP contribution in [0.15, 0.2) is 36.4 Å². The van der Waals surface area contributed by atoms with Gasteiger partial charge < -0.3 is 10.1 Å². The number of ether oxygens (including phenoxy) is 1. The maximum atomic E-state index is 13.2. The molecule has 5 nitrogen and oxygen atoms in total. The average Bonchev–Trinajstić information content (AvgIpc) is 2.85. The quantitative estimate of drug-likeness (QED) is 0.815. The maximum Gasteiger partial charge on any atom is 0.256 e. The number of rotatable bonds is 4. The highest BCUT2D eigenvalue weighted by molar-refractivity contribution is 6.33. The van der Waals surface area contributed by atoms with Crippen molar-refractivity contribution < 1.29 is 18.7 Å². The van der Waals surface area contributed by atoms with Gasteiger partial charge in [-0.25, -0.2) is 9.29 Å². The Balaban J connectivity index is 1.82. The molecule has 130 valence electrons. The molecule has 25 heavy (non-hydrogen) atoms. The third-order valence-corrected chi connectivity index (χ3v) is 4.39. The van der Waals surface area contributed by atoms with E-state index in [1.54, 1.807) is 12.1 Å². The topological polar surface area (TPSA) is 58.6 Å². The van der Waals surface area contributed by atoms with E-state index in [9.17, 15) is 14.0 Å². The smallest absolute Gasteiger partial charge is 0.256 e. The van der Waals surface area contributed by atoms with Gasteiger partial charge >= 0.3 is 0 Å². The van der Waals surface area contributed by atoms with E-state index >= 15 is 0 Å². The first-order valence-electron chi connectivity index (χ1n) is 7.32. The molecule has 0 unspecified atom stereocenters. The van der Waals surface area contributed by atoms with Crippen LogP contribution in [0.25, 0.3) is 0 Å². The number of halogens is 3. The molecule has 2 amide bonds. The number of imide groups is 1. The largest absolute Gasteiger partial charge is 0.495 e. The van der Waals surface area contributed by atoms with Crippen molar-refractivity contribution in [3.05, 3.63) is 52.3 Å². The molecule has 0 spiro atoms. The highest BCUT2D eigenvalue weighted by atomic mass is 35.5. The van der Waals surface area contributed by atoms with Gasteiger partial charge in [0.15, 0.2) is 0 Å². The Kier molecular flexibility index (Phi) is 4.83. The Morgan fingerprint density at radius 1 is 1.16 bits per heavy atom. The van der Waals surface area contributed by atoms with Gasteiger partial charge in [-0.15, -0.1) is 0 Å². The minimum Gasteiger partial charge on any atom is -0.495 e. The number of hydrogen-bond acceptors (Lipinski definition) is 4. The molecule has 0 aliphatic carbocycles. The Bertz CT molecular complexity index is 860. The molecule has 1 N–H and O–H groups in total. The van der Waals surface area contributed by atoms with Crippen molar-refractivity contribution in [1.82, 2.24) is 0 Å². The van der Waals surface area contributed by atoms with Crippen molar-refractivity contribution in [2.24, 2.45) is 0 Å². The van der Waals surface area contributed by atoms with Gasteiger partial charge in [-0.1, -0.05) is 23.2 Å². The molecule has 8 heteroatoms. The highest BCUT2D eigenvalue weighted by Crippen LogP contribution is 2.32. The number of nitrogens with zero attached hydrogens (tertiary/aromatic N) is 1. The molecular formula is C17H13Cl2FN2O3. The van der Waals surface area contributed by atoms with Gasteiger partial charge in [0, 0.05) is 5.69 Å². The number of methoxy groups -OCH3 is 1. The van der Waals surface area contributed by atoms with Crippen molar-refractivity contribution in [3.63, 3.8) is 0 Å². The van der Waals surface area contributed by atoms with Crippen LogP contribution < -0.4 is 15.0 Å². The zero-order chi connectivity index (χ0) is 18.1. The van der Waals surface area contributed by atoms with Crippen molar-refractivity contribution in [2.75, 3.05) is 17.3 Å². The van der Waals surface area contributed by atoms with Crippen LogP contribution in [0.3, 0.4) is 0 Å². The Morgan fingerprint density at radius 3 is 2.56 bits per heavy atom. The summed E-state index contributed by atoms with van der Waals surface area (Å²) in [4.78, 5) is 25.9. The first-order valence-corrected chi connectivity index (χ1v) is 8.08. The monoisotopic (exact) mass is 382 g/mol. The maximum absolute atomic E-state index is 13.2. The number of nitrogens with one attached hydrogen (secondary N) is 1. The molecule has 2 aromatic rings. The zero-order valence-electron chi connectivity index (χ0n) is 13.1. The number of carbonyl (C=O) groups is 2. The van der Waals surface area contributed by atoms with Crippen LogP contribution in [0.4, 0.5) is 15.8 Å². The number of anilines is 2. The fourth-order valence-corrected chi connectivity index (χ4v) is 3.03. The van der Waals surface area contributed by atoms with E-state index in [0.717, 1.165) is 4.90 Å². The minimum atomic E-state index is -0.769. The molecule has 2 aromatic carbocycles. The second kappa shape index (κ2) is 6.90. The van der Waals surface area contributed by atoms with Crippen molar-refractivity contribution in [2.45, 2.75) is 12.5 Å². The van der Waals surface area contributed by atoms with Crippen LogP contribution in [0.1, 0.15) is 6.42 Å². The normalized spacial score (nSPS) is 17.1. The Hall–Kier alpha value is -2.31. The van der Waals surface area contributed by atoms with Crippen LogP contribution >= 0.6 is 23.2 Å². The van der Waals surface area contributed by atoms with Crippen molar-refractivity contribution in [1.29, 1.82) is 0 Å². The van der Waals surface area contributed by atoms with Crippen molar-refractivity contribution in [3.8, 4) is 5.75 Å². The van der Waals surface area contributed by atoms with Gasteiger partial charge in [0.25, 0.3) is 5.91 Å². The lowest BCUT2D eigenvalue weighted by molar-refractivity contribution is -0.121. The van der Waals surface area contributed by atoms with Crippen LogP contribution in [-0.2, 0) is 9.59 Å². The van der Waals surface area contributed by atoms with Gasteiger partial charge in [-0.2, -0.15) is 0 Å². The van der Waals surface area contributed by atoms with Gasteiger partial charge in [-0.05, 0) is 36.4 Å². The van der Waals surface area contributed by atoms with E-state index in [0.29, 0.717) is 22.1 Å². The van der Waals surface area contributed by atoms with E-state index < -0.39 is 17.8 Å². The third-order valence-electron chi connectivity index (χ3n) is 3.80. The lowest BCUT2D eigenvalue weighted by atomic mass is 10.2. The number of amides is 2. The lowest BCUT2D eigenvalue weighted by Crippen LogP contribution is -2.34. The lowest BCUT2D eigenvalue weighted by Gasteiger charge is -2.17. The SMILES string of the molecule is COc1ccc(N2C(=O)C[C@@H](Nc3ccc(F)c(Cl)c3)C2=O)cc1Cl. The molecule has 0 aromatic heterocycles. The summed E-state index contributed by atoms with van der Waals surface area (Å²) in [5, 5.41) is 3.13. The molecule has 1 fully saturated rings. The fraction of sp³-hybridized carbons (Fsp3) is 0.176. The summed E-state index contributed by atoms with van der Waals surface area (Å²) in [5.74, 6) is -0.903. The molecule has 0 radical (unpaired) electrons. The zero-order valence-corrected chi connectivity index (χ0v) is 14.6.